The van der Waals surface area contributed by atoms with Crippen LogP contribution in [0.5, 0.6) is 0 Å². The number of aliphatic hydroxyl groups is 2. The summed E-state index contributed by atoms with van der Waals surface area (Å²) in [4.78, 5) is 2.11. The number of halogens is 3. The highest BCUT2D eigenvalue weighted by molar-refractivity contribution is 7.15. The Hall–Kier alpha value is -2.15. The summed E-state index contributed by atoms with van der Waals surface area (Å²) in [5.41, 5.74) is 3.41. The van der Waals surface area contributed by atoms with Gasteiger partial charge in [0.2, 0.25) is 0 Å². The molecule has 0 saturated heterocycles. The van der Waals surface area contributed by atoms with Crippen molar-refractivity contribution in [3.8, 4) is 10.4 Å². The Bertz CT molecular complexity index is 1050. The van der Waals surface area contributed by atoms with Gasteiger partial charge in [-0.3, -0.25) is 0 Å². The Morgan fingerprint density at radius 3 is 2.48 bits per heavy atom. The van der Waals surface area contributed by atoms with Gasteiger partial charge in [0.15, 0.2) is 0 Å². The molecule has 1 heterocycles. The Labute approximate surface area is 184 Å². The van der Waals surface area contributed by atoms with Crippen LogP contribution < -0.4 is 0 Å². The van der Waals surface area contributed by atoms with Crippen LogP contribution in [0.25, 0.3) is 10.4 Å². The topological polar surface area (TPSA) is 40.5 Å². The van der Waals surface area contributed by atoms with Gasteiger partial charge >= 0.3 is 0 Å². The van der Waals surface area contributed by atoms with Gasteiger partial charge in [-0.25, -0.2) is 13.2 Å². The summed E-state index contributed by atoms with van der Waals surface area (Å²) < 4.78 is 43.1. The number of thiophene rings is 1. The molecule has 6 heteroatoms. The zero-order valence-corrected chi connectivity index (χ0v) is 18.0. The Balaban J connectivity index is 1.59. The van der Waals surface area contributed by atoms with Crippen LogP contribution >= 0.6 is 11.3 Å². The highest BCUT2D eigenvalue weighted by atomic mass is 32.1. The normalized spacial score (nSPS) is 23.1. The molecule has 0 bridgehead atoms. The average Bonchev–Trinajstić information content (AvgIpc) is 3.20. The number of alkyl halides is 2. The van der Waals surface area contributed by atoms with E-state index in [4.69, 9.17) is 0 Å². The van der Waals surface area contributed by atoms with E-state index in [1.165, 1.54) is 12.1 Å². The minimum Gasteiger partial charge on any atom is -0.396 e. The molecule has 3 atom stereocenters. The molecule has 2 nitrogen and oxygen atoms in total. The molecule has 2 unspecified atom stereocenters. The number of hydrogen-bond donors (Lipinski definition) is 2. The zero-order valence-electron chi connectivity index (χ0n) is 17.2. The summed E-state index contributed by atoms with van der Waals surface area (Å²) in [6.07, 6.45) is -0.336. The van der Waals surface area contributed by atoms with Gasteiger partial charge in [0.25, 0.3) is 5.92 Å². The molecule has 1 aliphatic carbocycles. The van der Waals surface area contributed by atoms with Gasteiger partial charge in [0.05, 0.1) is 18.6 Å². The first-order chi connectivity index (χ1) is 14.8. The zero-order chi connectivity index (χ0) is 22.2. The lowest BCUT2D eigenvalue weighted by atomic mass is 9.73. The predicted molar refractivity (Wildman–Crippen MR) is 117 cm³/mol. The summed E-state index contributed by atoms with van der Waals surface area (Å²) in [6.45, 7) is 1.32. The van der Waals surface area contributed by atoms with Gasteiger partial charge in [0.1, 0.15) is 5.82 Å². The Morgan fingerprint density at radius 1 is 1.03 bits per heavy atom. The van der Waals surface area contributed by atoms with E-state index in [-0.39, 0.29) is 18.7 Å². The van der Waals surface area contributed by atoms with Crippen LogP contribution in [0.3, 0.4) is 0 Å². The van der Waals surface area contributed by atoms with Crippen molar-refractivity contribution in [2.45, 2.75) is 44.1 Å². The van der Waals surface area contributed by atoms with Crippen molar-refractivity contribution in [1.82, 2.24) is 0 Å². The number of aryl methyl sites for hydroxylation is 1. The largest absolute Gasteiger partial charge is 0.396 e. The lowest BCUT2D eigenvalue weighted by Gasteiger charge is -2.40. The monoisotopic (exact) mass is 446 g/mol. The number of aliphatic hydroxyl groups excluding tert-OH is 2. The highest BCUT2D eigenvalue weighted by Gasteiger charge is 2.52. The average molecular weight is 447 g/mol. The molecule has 3 aromatic rings. The molecule has 0 amide bonds. The molecule has 1 fully saturated rings. The van der Waals surface area contributed by atoms with E-state index in [9.17, 15) is 23.4 Å². The molecule has 2 aromatic carbocycles. The van der Waals surface area contributed by atoms with E-state index in [0.29, 0.717) is 12.0 Å². The van der Waals surface area contributed by atoms with Gasteiger partial charge < -0.3 is 10.2 Å². The van der Waals surface area contributed by atoms with Gasteiger partial charge in [-0.2, -0.15) is 0 Å². The Kier molecular flexibility index (Phi) is 6.24. The van der Waals surface area contributed by atoms with Crippen LogP contribution in [0.15, 0.2) is 54.6 Å². The third-order valence-corrected chi connectivity index (χ3v) is 7.36. The fourth-order valence-electron chi connectivity index (χ4n) is 4.38. The smallest absolute Gasteiger partial charge is 0.260 e. The second-order valence-corrected chi connectivity index (χ2v) is 9.54. The molecule has 2 N–H and O–H groups in total. The molecule has 4 rings (SSSR count). The first-order valence-electron chi connectivity index (χ1n) is 10.4. The summed E-state index contributed by atoms with van der Waals surface area (Å²) in [5, 5.41) is 19.5. The van der Waals surface area contributed by atoms with Gasteiger partial charge in [0, 0.05) is 22.1 Å². The third-order valence-electron chi connectivity index (χ3n) is 6.22. The standard InChI is InChI=1S/C25H25F3O2S/c1-15-2-3-17(23-13-21(30)12-19(14-29)25(23,27)28)10-18(15)11-22-8-9-24(31-22)16-4-6-20(26)7-5-16/h2-10,19,21,23,29-30H,11-14H2,1H3/t19?,21?,23-/m1/s1. The number of hydrogen-bond acceptors (Lipinski definition) is 3. The molecule has 1 saturated carbocycles. The predicted octanol–water partition coefficient (Wildman–Crippen LogP) is 5.94. The third kappa shape index (κ3) is 4.56. The van der Waals surface area contributed by atoms with Crippen LogP contribution in [-0.4, -0.2) is 28.8 Å². The molecule has 0 aliphatic heterocycles. The maximum Gasteiger partial charge on any atom is 0.260 e. The molecule has 31 heavy (non-hydrogen) atoms. The molecule has 164 valence electrons. The minimum atomic E-state index is -3.07. The lowest BCUT2D eigenvalue weighted by Crippen LogP contribution is -2.45. The summed E-state index contributed by atoms with van der Waals surface area (Å²) in [7, 11) is 0. The molecule has 1 aliphatic rings. The van der Waals surface area contributed by atoms with E-state index >= 15 is 0 Å². The van der Waals surface area contributed by atoms with Crippen LogP contribution in [0.4, 0.5) is 13.2 Å². The number of benzene rings is 2. The second kappa shape index (κ2) is 8.77. The van der Waals surface area contributed by atoms with E-state index in [1.54, 1.807) is 29.5 Å². The SMILES string of the molecule is Cc1ccc([C@H]2CC(O)CC(CO)C2(F)F)cc1Cc1ccc(-c2ccc(F)cc2)s1. The van der Waals surface area contributed by atoms with Crippen LogP contribution in [0.2, 0.25) is 0 Å². The highest BCUT2D eigenvalue weighted by Crippen LogP contribution is 2.48. The van der Waals surface area contributed by atoms with Crippen LogP contribution in [0.1, 0.15) is 40.3 Å². The van der Waals surface area contributed by atoms with Gasteiger partial charge in [-0.05, 0) is 66.3 Å². The first-order valence-corrected chi connectivity index (χ1v) is 11.2. The second-order valence-electron chi connectivity index (χ2n) is 8.37. The van der Waals surface area contributed by atoms with E-state index < -0.39 is 30.5 Å². The maximum absolute atomic E-state index is 15.0. The van der Waals surface area contributed by atoms with Crippen LogP contribution in [-0.2, 0) is 6.42 Å². The molecular weight excluding hydrogens is 421 g/mol. The van der Waals surface area contributed by atoms with Crippen molar-refractivity contribution in [2.75, 3.05) is 6.61 Å². The van der Waals surface area contributed by atoms with Crippen molar-refractivity contribution in [1.29, 1.82) is 0 Å². The van der Waals surface area contributed by atoms with E-state index in [0.717, 1.165) is 26.4 Å². The maximum atomic E-state index is 15.0. The van der Waals surface area contributed by atoms with Crippen molar-refractivity contribution in [3.63, 3.8) is 0 Å². The van der Waals surface area contributed by atoms with Crippen LogP contribution in [0, 0.1) is 18.7 Å². The fraction of sp³-hybridized carbons (Fsp3) is 0.360. The fourth-order valence-corrected chi connectivity index (χ4v) is 5.41. The van der Waals surface area contributed by atoms with Gasteiger partial charge in [-0.1, -0.05) is 30.3 Å². The lowest BCUT2D eigenvalue weighted by molar-refractivity contribution is -0.142. The van der Waals surface area contributed by atoms with Crippen molar-refractivity contribution in [3.05, 3.63) is 82.0 Å². The minimum absolute atomic E-state index is 0.0142. The van der Waals surface area contributed by atoms with Crippen molar-refractivity contribution >= 4 is 11.3 Å². The summed E-state index contributed by atoms with van der Waals surface area (Å²) in [6, 6.07) is 15.7. The van der Waals surface area contributed by atoms with Gasteiger partial charge in [-0.15, -0.1) is 11.3 Å². The van der Waals surface area contributed by atoms with Crippen molar-refractivity contribution in [2.24, 2.45) is 5.92 Å². The molecule has 1 aromatic heterocycles. The van der Waals surface area contributed by atoms with E-state index in [2.05, 4.69) is 0 Å². The summed E-state index contributed by atoms with van der Waals surface area (Å²) in [5.74, 6) is -5.70. The summed E-state index contributed by atoms with van der Waals surface area (Å²) >= 11 is 1.60. The van der Waals surface area contributed by atoms with Crippen molar-refractivity contribution < 1.29 is 23.4 Å². The quantitative estimate of drug-likeness (QED) is 0.510. The molecule has 0 radical (unpaired) electrons. The molecule has 0 spiro atoms. The molecular formula is C25H25F3O2S. The number of rotatable bonds is 5. The Morgan fingerprint density at radius 2 is 1.77 bits per heavy atom. The van der Waals surface area contributed by atoms with E-state index in [1.807, 2.05) is 31.2 Å². The first kappa shape index (κ1) is 22.1.